The molecule has 0 radical (unpaired) electrons. The van der Waals surface area contributed by atoms with Crippen LogP contribution >= 0.6 is 11.8 Å². The summed E-state index contributed by atoms with van der Waals surface area (Å²) in [7, 11) is 1.65. The molecular weight excluding hydrogens is 300 g/mol. The number of rotatable bonds is 8. The molecule has 1 aromatic carbocycles. The van der Waals surface area contributed by atoms with Gasteiger partial charge in [-0.1, -0.05) is 30.8 Å². The molecule has 118 valence electrons. The van der Waals surface area contributed by atoms with Crippen LogP contribution in [0.1, 0.15) is 12.5 Å². The van der Waals surface area contributed by atoms with Crippen molar-refractivity contribution in [1.82, 2.24) is 14.8 Å². The van der Waals surface area contributed by atoms with Crippen molar-refractivity contribution in [2.24, 2.45) is 0 Å². The molecule has 6 nitrogen and oxygen atoms in total. The SMILES string of the molecule is CCc1ccc(NC(=O)CSc2nncn2CCOC)cc1. The number of hydrogen-bond donors (Lipinski definition) is 1. The minimum atomic E-state index is -0.0597. The standard InChI is InChI=1S/C15H20N4O2S/c1-3-12-4-6-13(7-5-12)17-14(20)10-22-15-18-16-11-19(15)8-9-21-2/h4-7,11H,3,8-10H2,1-2H3,(H,17,20). The van der Waals surface area contributed by atoms with Gasteiger partial charge in [-0.15, -0.1) is 10.2 Å². The van der Waals surface area contributed by atoms with Crippen LogP contribution in [-0.2, 0) is 22.5 Å². The summed E-state index contributed by atoms with van der Waals surface area (Å²) in [5.74, 6) is 0.233. The number of thioether (sulfide) groups is 1. The number of benzene rings is 1. The lowest BCUT2D eigenvalue weighted by molar-refractivity contribution is -0.113. The number of hydrogen-bond acceptors (Lipinski definition) is 5. The zero-order valence-corrected chi connectivity index (χ0v) is 13.6. The van der Waals surface area contributed by atoms with E-state index in [0.717, 1.165) is 12.1 Å². The monoisotopic (exact) mass is 320 g/mol. The van der Waals surface area contributed by atoms with Gasteiger partial charge in [0.1, 0.15) is 6.33 Å². The Labute approximate surface area is 134 Å². The van der Waals surface area contributed by atoms with Crippen LogP contribution in [0.4, 0.5) is 5.69 Å². The fourth-order valence-corrected chi connectivity index (χ4v) is 2.59. The summed E-state index contributed by atoms with van der Waals surface area (Å²) >= 11 is 1.36. The predicted octanol–water partition coefficient (Wildman–Crippen LogP) is 2.22. The number of anilines is 1. The van der Waals surface area contributed by atoms with E-state index in [4.69, 9.17) is 4.74 Å². The van der Waals surface area contributed by atoms with Crippen LogP contribution in [0.3, 0.4) is 0 Å². The van der Waals surface area contributed by atoms with Crippen molar-refractivity contribution in [2.75, 3.05) is 24.8 Å². The average Bonchev–Trinajstić information content (AvgIpc) is 2.99. The second-order valence-electron chi connectivity index (χ2n) is 4.69. The first kappa shape index (κ1) is 16.5. The molecule has 0 spiro atoms. The molecular formula is C15H20N4O2S. The normalized spacial score (nSPS) is 10.6. The van der Waals surface area contributed by atoms with E-state index in [1.165, 1.54) is 17.3 Å². The van der Waals surface area contributed by atoms with Crippen molar-refractivity contribution < 1.29 is 9.53 Å². The molecule has 1 N–H and O–H groups in total. The lowest BCUT2D eigenvalue weighted by Gasteiger charge is -2.07. The van der Waals surface area contributed by atoms with E-state index in [2.05, 4.69) is 22.4 Å². The molecule has 2 aromatic rings. The molecule has 7 heteroatoms. The lowest BCUT2D eigenvalue weighted by atomic mass is 10.1. The van der Waals surface area contributed by atoms with E-state index in [0.29, 0.717) is 24.1 Å². The summed E-state index contributed by atoms with van der Waals surface area (Å²) in [6, 6.07) is 7.87. The van der Waals surface area contributed by atoms with Gasteiger partial charge < -0.3 is 14.6 Å². The Bertz CT molecular complexity index is 598. The van der Waals surface area contributed by atoms with Gasteiger partial charge in [-0.3, -0.25) is 4.79 Å². The average molecular weight is 320 g/mol. The molecule has 0 atom stereocenters. The highest BCUT2D eigenvalue weighted by atomic mass is 32.2. The molecule has 0 fully saturated rings. The Kier molecular flexibility index (Phi) is 6.42. The molecule has 0 unspecified atom stereocenters. The van der Waals surface area contributed by atoms with Crippen molar-refractivity contribution in [1.29, 1.82) is 0 Å². The number of nitrogens with zero attached hydrogens (tertiary/aromatic N) is 3. The zero-order chi connectivity index (χ0) is 15.8. The molecule has 22 heavy (non-hydrogen) atoms. The summed E-state index contributed by atoms with van der Waals surface area (Å²) < 4.78 is 6.90. The largest absolute Gasteiger partial charge is 0.383 e. The van der Waals surface area contributed by atoms with E-state index < -0.39 is 0 Å². The van der Waals surface area contributed by atoms with Gasteiger partial charge in [-0.25, -0.2) is 0 Å². The number of ether oxygens (including phenoxy) is 1. The molecule has 0 aliphatic carbocycles. The zero-order valence-electron chi connectivity index (χ0n) is 12.8. The van der Waals surface area contributed by atoms with Crippen LogP contribution in [0, 0.1) is 0 Å². The number of amides is 1. The highest BCUT2D eigenvalue weighted by Crippen LogP contribution is 2.16. The van der Waals surface area contributed by atoms with Gasteiger partial charge >= 0.3 is 0 Å². The van der Waals surface area contributed by atoms with Gasteiger partial charge in [0, 0.05) is 19.3 Å². The first-order valence-electron chi connectivity index (χ1n) is 7.11. The number of aryl methyl sites for hydroxylation is 1. The third-order valence-electron chi connectivity index (χ3n) is 3.09. The second-order valence-corrected chi connectivity index (χ2v) is 5.63. The van der Waals surface area contributed by atoms with Crippen LogP contribution in [-0.4, -0.2) is 40.1 Å². The summed E-state index contributed by atoms with van der Waals surface area (Å²) in [6.45, 7) is 3.36. The van der Waals surface area contributed by atoms with Gasteiger partial charge in [0.2, 0.25) is 5.91 Å². The number of carbonyl (C=O) groups is 1. The molecule has 2 rings (SSSR count). The Morgan fingerprint density at radius 2 is 2.14 bits per heavy atom. The molecule has 0 saturated carbocycles. The summed E-state index contributed by atoms with van der Waals surface area (Å²) in [5.41, 5.74) is 2.06. The van der Waals surface area contributed by atoms with E-state index in [9.17, 15) is 4.79 Å². The van der Waals surface area contributed by atoms with Crippen LogP contribution < -0.4 is 5.32 Å². The quantitative estimate of drug-likeness (QED) is 0.755. The Morgan fingerprint density at radius 3 is 2.82 bits per heavy atom. The number of nitrogens with one attached hydrogen (secondary N) is 1. The number of carbonyl (C=O) groups excluding carboxylic acids is 1. The smallest absolute Gasteiger partial charge is 0.234 e. The topological polar surface area (TPSA) is 69.0 Å². The van der Waals surface area contributed by atoms with Gasteiger partial charge in [-0.2, -0.15) is 0 Å². The highest BCUT2D eigenvalue weighted by Gasteiger charge is 2.09. The van der Waals surface area contributed by atoms with Crippen LogP contribution in [0.2, 0.25) is 0 Å². The van der Waals surface area contributed by atoms with Crippen LogP contribution in [0.15, 0.2) is 35.7 Å². The van der Waals surface area contributed by atoms with Gasteiger partial charge in [0.15, 0.2) is 5.16 Å². The van der Waals surface area contributed by atoms with E-state index in [1.54, 1.807) is 13.4 Å². The Morgan fingerprint density at radius 1 is 1.36 bits per heavy atom. The fraction of sp³-hybridized carbons (Fsp3) is 0.400. The van der Waals surface area contributed by atoms with Crippen molar-refractivity contribution in [3.05, 3.63) is 36.2 Å². The maximum atomic E-state index is 12.0. The number of aromatic nitrogens is 3. The third-order valence-corrected chi connectivity index (χ3v) is 4.08. The van der Waals surface area contributed by atoms with Gasteiger partial charge in [-0.05, 0) is 24.1 Å². The van der Waals surface area contributed by atoms with Crippen molar-refractivity contribution in [3.63, 3.8) is 0 Å². The molecule has 0 saturated heterocycles. The van der Waals surface area contributed by atoms with Gasteiger partial charge in [0.05, 0.1) is 12.4 Å². The number of methoxy groups -OCH3 is 1. The van der Waals surface area contributed by atoms with Crippen molar-refractivity contribution in [3.8, 4) is 0 Å². The molecule has 1 amide bonds. The molecule has 0 aliphatic rings. The predicted molar refractivity (Wildman–Crippen MR) is 87.1 cm³/mol. The van der Waals surface area contributed by atoms with E-state index in [1.807, 2.05) is 28.8 Å². The minimum absolute atomic E-state index is 0.0597. The Hall–Kier alpha value is -1.86. The summed E-state index contributed by atoms with van der Waals surface area (Å²) in [6.07, 6.45) is 2.63. The first-order chi connectivity index (χ1) is 10.7. The van der Waals surface area contributed by atoms with Crippen molar-refractivity contribution in [2.45, 2.75) is 25.0 Å². The molecule has 1 heterocycles. The molecule has 1 aromatic heterocycles. The molecule has 0 aliphatic heterocycles. The second kappa shape index (κ2) is 8.55. The minimum Gasteiger partial charge on any atom is -0.383 e. The van der Waals surface area contributed by atoms with Crippen molar-refractivity contribution >= 4 is 23.4 Å². The fourth-order valence-electron chi connectivity index (χ4n) is 1.85. The molecule has 0 bridgehead atoms. The lowest BCUT2D eigenvalue weighted by Crippen LogP contribution is -2.14. The Balaban J connectivity index is 1.83. The van der Waals surface area contributed by atoms with Crippen LogP contribution in [0.5, 0.6) is 0 Å². The maximum absolute atomic E-state index is 12.0. The summed E-state index contributed by atoms with van der Waals surface area (Å²) in [4.78, 5) is 12.0. The summed E-state index contributed by atoms with van der Waals surface area (Å²) in [5, 5.41) is 11.5. The maximum Gasteiger partial charge on any atom is 0.234 e. The first-order valence-corrected chi connectivity index (χ1v) is 8.09. The highest BCUT2D eigenvalue weighted by molar-refractivity contribution is 7.99. The van der Waals surface area contributed by atoms with E-state index >= 15 is 0 Å². The van der Waals surface area contributed by atoms with Gasteiger partial charge in [0.25, 0.3) is 0 Å². The van der Waals surface area contributed by atoms with E-state index in [-0.39, 0.29) is 5.91 Å². The third kappa shape index (κ3) is 4.85. The van der Waals surface area contributed by atoms with Crippen LogP contribution in [0.25, 0.3) is 0 Å².